The Kier molecular flexibility index (Phi) is 3.64. The number of hydrogen-bond acceptors (Lipinski definition) is 2. The van der Waals surface area contributed by atoms with E-state index in [-0.39, 0.29) is 5.41 Å². The molecule has 0 fully saturated rings. The van der Waals surface area contributed by atoms with Crippen molar-refractivity contribution in [3.8, 4) is 11.1 Å². The number of benzene rings is 5. The van der Waals surface area contributed by atoms with E-state index in [1.807, 2.05) is 0 Å². The van der Waals surface area contributed by atoms with Crippen molar-refractivity contribution in [3.05, 3.63) is 108 Å². The summed E-state index contributed by atoms with van der Waals surface area (Å²) in [6, 6.07) is 34.6. The van der Waals surface area contributed by atoms with Crippen LogP contribution in [0.4, 0.5) is 11.4 Å². The van der Waals surface area contributed by atoms with Gasteiger partial charge in [-0.05, 0) is 63.4 Å². The molecule has 2 nitrogen and oxygen atoms in total. The van der Waals surface area contributed by atoms with E-state index >= 15 is 0 Å². The molecule has 1 aliphatic rings. The van der Waals surface area contributed by atoms with Crippen LogP contribution in [-0.4, -0.2) is 0 Å². The summed E-state index contributed by atoms with van der Waals surface area (Å²) in [6.07, 6.45) is 0. The summed E-state index contributed by atoms with van der Waals surface area (Å²) >= 11 is 0. The van der Waals surface area contributed by atoms with Crippen LogP contribution >= 0.6 is 0 Å². The molecule has 0 saturated carbocycles. The van der Waals surface area contributed by atoms with E-state index in [2.05, 4.69) is 116 Å². The monoisotopic (exact) mass is 425 g/mol. The molecule has 0 unspecified atom stereocenters. The van der Waals surface area contributed by atoms with Crippen molar-refractivity contribution in [2.75, 3.05) is 5.32 Å². The van der Waals surface area contributed by atoms with Gasteiger partial charge in [-0.1, -0.05) is 74.5 Å². The number of nitrogens with one attached hydrogen (secondary N) is 1. The SMILES string of the molecule is CC1(C)c2ccccc2-c2ccc(Nc3ccc4c(c3)oc3ccc5ccccc5c34)cc21. The van der Waals surface area contributed by atoms with Gasteiger partial charge >= 0.3 is 0 Å². The van der Waals surface area contributed by atoms with Crippen LogP contribution in [0.1, 0.15) is 25.0 Å². The van der Waals surface area contributed by atoms with Crippen LogP contribution in [0, 0.1) is 0 Å². The van der Waals surface area contributed by atoms with E-state index in [0.717, 1.165) is 27.9 Å². The first kappa shape index (κ1) is 18.5. The van der Waals surface area contributed by atoms with Crippen LogP contribution in [0.2, 0.25) is 0 Å². The lowest BCUT2D eigenvalue weighted by Crippen LogP contribution is -2.15. The third-order valence-electron chi connectivity index (χ3n) is 7.23. The predicted molar refractivity (Wildman–Crippen MR) is 139 cm³/mol. The Morgan fingerprint density at radius 3 is 2.30 bits per heavy atom. The first-order valence-electron chi connectivity index (χ1n) is 11.4. The van der Waals surface area contributed by atoms with Crippen molar-refractivity contribution in [1.29, 1.82) is 0 Å². The van der Waals surface area contributed by atoms with E-state index in [1.54, 1.807) is 0 Å². The van der Waals surface area contributed by atoms with Gasteiger partial charge in [0.15, 0.2) is 0 Å². The highest BCUT2D eigenvalue weighted by Crippen LogP contribution is 2.49. The number of fused-ring (bicyclic) bond motifs is 8. The van der Waals surface area contributed by atoms with E-state index in [4.69, 9.17) is 4.42 Å². The molecule has 0 radical (unpaired) electrons. The Balaban J connectivity index is 1.30. The van der Waals surface area contributed by atoms with Gasteiger partial charge < -0.3 is 9.73 Å². The molecule has 0 atom stereocenters. The van der Waals surface area contributed by atoms with Gasteiger partial charge in [0, 0.05) is 33.6 Å². The first-order valence-corrected chi connectivity index (χ1v) is 11.4. The molecule has 7 rings (SSSR count). The van der Waals surface area contributed by atoms with Crippen LogP contribution in [0.15, 0.2) is 101 Å². The van der Waals surface area contributed by atoms with Crippen LogP contribution in [0.25, 0.3) is 43.8 Å². The predicted octanol–water partition coefficient (Wildman–Crippen LogP) is 8.79. The minimum absolute atomic E-state index is 0.00658. The topological polar surface area (TPSA) is 25.2 Å². The fraction of sp³-hybridized carbons (Fsp3) is 0.0968. The smallest absolute Gasteiger partial charge is 0.137 e. The molecule has 6 aromatic rings. The van der Waals surface area contributed by atoms with Gasteiger partial charge in [-0.2, -0.15) is 0 Å². The maximum atomic E-state index is 6.25. The molecule has 1 aliphatic carbocycles. The van der Waals surface area contributed by atoms with Crippen LogP contribution < -0.4 is 5.32 Å². The van der Waals surface area contributed by atoms with Crippen molar-refractivity contribution in [2.24, 2.45) is 0 Å². The first-order chi connectivity index (χ1) is 16.1. The molecule has 2 heteroatoms. The van der Waals surface area contributed by atoms with Crippen molar-refractivity contribution < 1.29 is 4.42 Å². The molecule has 1 aromatic heterocycles. The Morgan fingerprint density at radius 2 is 1.36 bits per heavy atom. The second kappa shape index (κ2) is 6.49. The third-order valence-corrected chi connectivity index (χ3v) is 7.23. The molecule has 0 bridgehead atoms. The Hall–Kier alpha value is -4.04. The summed E-state index contributed by atoms with van der Waals surface area (Å²) in [6.45, 7) is 4.62. The van der Waals surface area contributed by atoms with E-state index in [9.17, 15) is 0 Å². The minimum Gasteiger partial charge on any atom is -0.456 e. The summed E-state index contributed by atoms with van der Waals surface area (Å²) in [5.41, 5.74) is 9.39. The van der Waals surface area contributed by atoms with Gasteiger partial charge in [0.1, 0.15) is 11.2 Å². The van der Waals surface area contributed by atoms with Gasteiger partial charge in [-0.15, -0.1) is 0 Å². The summed E-state index contributed by atoms with van der Waals surface area (Å²) in [7, 11) is 0. The Labute approximate surface area is 192 Å². The van der Waals surface area contributed by atoms with Crippen molar-refractivity contribution in [3.63, 3.8) is 0 Å². The maximum absolute atomic E-state index is 6.25. The number of hydrogen-bond donors (Lipinski definition) is 1. The van der Waals surface area contributed by atoms with E-state index in [1.165, 1.54) is 38.4 Å². The molecule has 5 aromatic carbocycles. The number of furan rings is 1. The van der Waals surface area contributed by atoms with Crippen LogP contribution in [-0.2, 0) is 5.41 Å². The second-order valence-corrected chi connectivity index (χ2v) is 9.53. The highest BCUT2D eigenvalue weighted by Gasteiger charge is 2.35. The third kappa shape index (κ3) is 2.61. The summed E-state index contributed by atoms with van der Waals surface area (Å²) in [4.78, 5) is 0. The summed E-state index contributed by atoms with van der Waals surface area (Å²) in [5, 5.41) is 8.41. The van der Waals surface area contributed by atoms with Crippen molar-refractivity contribution >= 4 is 44.1 Å². The minimum atomic E-state index is -0.00658. The van der Waals surface area contributed by atoms with Crippen LogP contribution in [0.5, 0.6) is 0 Å². The lowest BCUT2D eigenvalue weighted by atomic mass is 9.82. The quantitative estimate of drug-likeness (QED) is 0.300. The fourth-order valence-electron chi connectivity index (χ4n) is 5.57. The Bertz CT molecular complexity index is 1720. The average Bonchev–Trinajstić information content (AvgIpc) is 3.32. The lowest BCUT2D eigenvalue weighted by Gasteiger charge is -2.22. The largest absolute Gasteiger partial charge is 0.456 e. The van der Waals surface area contributed by atoms with Gasteiger partial charge in [-0.25, -0.2) is 0 Å². The van der Waals surface area contributed by atoms with Crippen molar-refractivity contribution in [1.82, 2.24) is 0 Å². The van der Waals surface area contributed by atoms with E-state index in [0.29, 0.717) is 0 Å². The summed E-state index contributed by atoms with van der Waals surface area (Å²) in [5.74, 6) is 0. The molecule has 0 aliphatic heterocycles. The molecule has 0 spiro atoms. The number of rotatable bonds is 2. The fourth-order valence-corrected chi connectivity index (χ4v) is 5.57. The molecule has 1 N–H and O–H groups in total. The lowest BCUT2D eigenvalue weighted by molar-refractivity contribution is 0.660. The second-order valence-electron chi connectivity index (χ2n) is 9.53. The number of anilines is 2. The zero-order valence-electron chi connectivity index (χ0n) is 18.6. The molecule has 158 valence electrons. The Morgan fingerprint density at radius 1 is 0.606 bits per heavy atom. The molecule has 33 heavy (non-hydrogen) atoms. The zero-order valence-corrected chi connectivity index (χ0v) is 18.6. The molecule has 0 saturated heterocycles. The zero-order chi connectivity index (χ0) is 22.2. The van der Waals surface area contributed by atoms with Gasteiger partial charge in [-0.3, -0.25) is 0 Å². The van der Waals surface area contributed by atoms with E-state index < -0.39 is 0 Å². The van der Waals surface area contributed by atoms with Crippen LogP contribution in [0.3, 0.4) is 0 Å². The average molecular weight is 426 g/mol. The molecule has 1 heterocycles. The maximum Gasteiger partial charge on any atom is 0.137 e. The molecular formula is C31H23NO. The summed E-state index contributed by atoms with van der Waals surface area (Å²) < 4.78 is 6.25. The van der Waals surface area contributed by atoms with Gasteiger partial charge in [0.05, 0.1) is 0 Å². The highest BCUT2D eigenvalue weighted by atomic mass is 16.3. The molecular weight excluding hydrogens is 402 g/mol. The normalized spacial score (nSPS) is 14.0. The van der Waals surface area contributed by atoms with Gasteiger partial charge in [0.2, 0.25) is 0 Å². The van der Waals surface area contributed by atoms with Crippen molar-refractivity contribution in [2.45, 2.75) is 19.3 Å². The standard InChI is InChI=1S/C31H23NO/c1-31(2)26-10-6-5-9-23(26)24-14-12-20(17-27(24)31)32-21-13-15-25-29(18-21)33-28-16-11-19-7-3-4-8-22(19)30(25)28/h3-18,32H,1-2H3. The highest BCUT2D eigenvalue weighted by molar-refractivity contribution is 6.19. The molecule has 0 amide bonds. The van der Waals surface area contributed by atoms with Gasteiger partial charge in [0.25, 0.3) is 0 Å².